The lowest BCUT2D eigenvalue weighted by atomic mass is 9.97. The Labute approximate surface area is 124 Å². The first-order valence-corrected chi connectivity index (χ1v) is 7.66. The molecule has 4 nitrogen and oxygen atoms in total. The Bertz CT molecular complexity index is 529. The predicted octanol–water partition coefficient (Wildman–Crippen LogP) is 2.55. The van der Waals surface area contributed by atoms with E-state index in [1.807, 2.05) is 6.07 Å². The van der Waals surface area contributed by atoms with Gasteiger partial charge in [-0.1, -0.05) is 0 Å². The molecule has 2 fully saturated rings. The molecule has 2 heterocycles. The molecule has 2 aliphatic heterocycles. The monoisotopic (exact) mass is 292 g/mol. The fraction of sp³-hybridized carbons (Fsp3) is 0.562. The molecule has 0 aromatic heterocycles. The molecule has 3 rings (SSSR count). The van der Waals surface area contributed by atoms with Gasteiger partial charge in [-0.05, 0) is 49.4 Å². The van der Waals surface area contributed by atoms with Gasteiger partial charge >= 0.3 is 5.97 Å². The number of halogens is 1. The van der Waals surface area contributed by atoms with Crippen molar-refractivity contribution in [2.75, 3.05) is 24.5 Å². The van der Waals surface area contributed by atoms with Gasteiger partial charge in [0.2, 0.25) is 0 Å². The average molecular weight is 292 g/mol. The highest BCUT2D eigenvalue weighted by Gasteiger charge is 2.32. The van der Waals surface area contributed by atoms with Crippen LogP contribution < -0.4 is 10.2 Å². The first-order chi connectivity index (χ1) is 10.1. The zero-order chi connectivity index (χ0) is 14.8. The van der Waals surface area contributed by atoms with Crippen LogP contribution in [0.5, 0.6) is 0 Å². The molecule has 2 saturated heterocycles. The lowest BCUT2D eigenvalue weighted by Gasteiger charge is -2.32. The highest BCUT2D eigenvalue weighted by molar-refractivity contribution is 5.71. The molecular weight excluding hydrogens is 271 g/mol. The van der Waals surface area contributed by atoms with Crippen molar-refractivity contribution in [3.05, 3.63) is 29.6 Å². The Morgan fingerprint density at radius 2 is 2.05 bits per heavy atom. The number of carboxylic acids is 1. The number of carboxylic acid groups (broad SMARTS) is 1. The third-order valence-corrected chi connectivity index (χ3v) is 4.54. The molecular formula is C16H21FN2O2. The number of hydrogen-bond acceptors (Lipinski definition) is 3. The Balaban J connectivity index is 1.86. The molecule has 0 amide bonds. The van der Waals surface area contributed by atoms with E-state index >= 15 is 0 Å². The van der Waals surface area contributed by atoms with Gasteiger partial charge < -0.3 is 15.3 Å². The van der Waals surface area contributed by atoms with E-state index in [1.54, 1.807) is 6.07 Å². The summed E-state index contributed by atoms with van der Waals surface area (Å²) < 4.78 is 13.7. The van der Waals surface area contributed by atoms with Crippen LogP contribution >= 0.6 is 0 Å². The van der Waals surface area contributed by atoms with Crippen molar-refractivity contribution < 1.29 is 14.3 Å². The average Bonchev–Trinajstić information content (AvgIpc) is 2.98. The van der Waals surface area contributed by atoms with Crippen molar-refractivity contribution in [1.29, 1.82) is 0 Å². The molecule has 0 spiro atoms. The number of anilines is 1. The molecule has 21 heavy (non-hydrogen) atoms. The van der Waals surface area contributed by atoms with Gasteiger partial charge in [0.1, 0.15) is 5.82 Å². The number of aliphatic carboxylic acids is 1. The minimum atomic E-state index is -0.777. The van der Waals surface area contributed by atoms with Gasteiger partial charge in [0, 0.05) is 31.4 Å². The summed E-state index contributed by atoms with van der Waals surface area (Å²) in [5.41, 5.74) is 1.96. The molecule has 114 valence electrons. The van der Waals surface area contributed by atoms with E-state index in [4.69, 9.17) is 5.11 Å². The summed E-state index contributed by atoms with van der Waals surface area (Å²) in [6.07, 6.45) is 4.09. The third-order valence-electron chi connectivity index (χ3n) is 4.54. The zero-order valence-electron chi connectivity index (χ0n) is 12.0. The summed E-state index contributed by atoms with van der Waals surface area (Å²) in [5.74, 6) is -1.42. The smallest absolute Gasteiger partial charge is 0.307 e. The fourth-order valence-corrected chi connectivity index (χ4v) is 3.39. The van der Waals surface area contributed by atoms with E-state index in [1.165, 1.54) is 12.5 Å². The van der Waals surface area contributed by atoms with Gasteiger partial charge in [-0.25, -0.2) is 4.39 Å². The molecule has 2 unspecified atom stereocenters. The Morgan fingerprint density at radius 1 is 1.29 bits per heavy atom. The van der Waals surface area contributed by atoms with Gasteiger partial charge in [0.25, 0.3) is 0 Å². The topological polar surface area (TPSA) is 52.6 Å². The maximum atomic E-state index is 13.7. The van der Waals surface area contributed by atoms with Crippen molar-refractivity contribution in [3.63, 3.8) is 0 Å². The van der Waals surface area contributed by atoms with Crippen molar-refractivity contribution >= 4 is 11.7 Å². The summed E-state index contributed by atoms with van der Waals surface area (Å²) in [5, 5.41) is 12.4. The van der Waals surface area contributed by atoms with Crippen LogP contribution in [-0.4, -0.2) is 30.7 Å². The number of rotatable bonds is 3. The third kappa shape index (κ3) is 3.02. The second-order valence-corrected chi connectivity index (χ2v) is 5.98. The standard InChI is InChI=1S/C16H21FN2O2/c17-12-4-5-15(19-6-2-1-3-7-19)13(9-12)14-8-11(10-18-14)16(20)21/h4-5,9,11,14,18H,1-3,6-8,10H2,(H,20,21). The molecule has 1 aromatic carbocycles. The van der Waals surface area contributed by atoms with E-state index < -0.39 is 5.97 Å². The zero-order valence-corrected chi connectivity index (χ0v) is 12.0. The molecule has 1 aromatic rings. The predicted molar refractivity (Wildman–Crippen MR) is 79.0 cm³/mol. The second kappa shape index (κ2) is 6.02. The SMILES string of the molecule is O=C(O)C1CNC(c2cc(F)ccc2N2CCCCC2)C1. The summed E-state index contributed by atoms with van der Waals surface area (Å²) >= 11 is 0. The quantitative estimate of drug-likeness (QED) is 0.899. The summed E-state index contributed by atoms with van der Waals surface area (Å²) in [4.78, 5) is 13.4. The van der Waals surface area contributed by atoms with Crippen LogP contribution in [0.4, 0.5) is 10.1 Å². The minimum Gasteiger partial charge on any atom is -0.481 e. The minimum absolute atomic E-state index is 0.0706. The van der Waals surface area contributed by atoms with Gasteiger partial charge in [-0.15, -0.1) is 0 Å². The normalized spacial score (nSPS) is 26.0. The van der Waals surface area contributed by atoms with Crippen molar-refractivity contribution in [1.82, 2.24) is 5.32 Å². The summed E-state index contributed by atoms with van der Waals surface area (Å²) in [6.45, 7) is 2.44. The highest BCUT2D eigenvalue weighted by Crippen LogP contribution is 2.35. The van der Waals surface area contributed by atoms with Crippen LogP contribution in [-0.2, 0) is 4.79 Å². The molecule has 0 aliphatic carbocycles. The van der Waals surface area contributed by atoms with Crippen LogP contribution in [0.1, 0.15) is 37.3 Å². The van der Waals surface area contributed by atoms with E-state index in [2.05, 4.69) is 10.2 Å². The summed E-state index contributed by atoms with van der Waals surface area (Å²) in [6, 6.07) is 4.83. The molecule has 0 saturated carbocycles. The van der Waals surface area contributed by atoms with E-state index in [0.29, 0.717) is 13.0 Å². The molecule has 2 atom stereocenters. The number of hydrogen-bond donors (Lipinski definition) is 2. The maximum Gasteiger partial charge on any atom is 0.307 e. The van der Waals surface area contributed by atoms with Crippen LogP contribution in [0, 0.1) is 11.7 Å². The van der Waals surface area contributed by atoms with Crippen LogP contribution in [0.15, 0.2) is 18.2 Å². The van der Waals surface area contributed by atoms with Gasteiger partial charge in [0.15, 0.2) is 0 Å². The highest BCUT2D eigenvalue weighted by atomic mass is 19.1. The van der Waals surface area contributed by atoms with E-state index in [0.717, 1.165) is 37.2 Å². The van der Waals surface area contributed by atoms with Crippen LogP contribution in [0.25, 0.3) is 0 Å². The number of carbonyl (C=O) groups is 1. The molecule has 2 N–H and O–H groups in total. The number of nitrogens with one attached hydrogen (secondary N) is 1. The van der Waals surface area contributed by atoms with Gasteiger partial charge in [-0.3, -0.25) is 4.79 Å². The second-order valence-electron chi connectivity index (χ2n) is 5.98. The molecule has 2 aliphatic rings. The lowest BCUT2D eigenvalue weighted by Crippen LogP contribution is -2.31. The molecule has 0 radical (unpaired) electrons. The lowest BCUT2D eigenvalue weighted by molar-refractivity contribution is -0.141. The Hall–Kier alpha value is -1.62. The first kappa shape index (κ1) is 14.3. The van der Waals surface area contributed by atoms with E-state index in [-0.39, 0.29) is 17.8 Å². The largest absolute Gasteiger partial charge is 0.481 e. The number of nitrogens with zero attached hydrogens (tertiary/aromatic N) is 1. The van der Waals surface area contributed by atoms with Crippen molar-refractivity contribution in [2.45, 2.75) is 31.7 Å². The molecule has 5 heteroatoms. The van der Waals surface area contributed by atoms with Crippen LogP contribution in [0.3, 0.4) is 0 Å². The number of benzene rings is 1. The van der Waals surface area contributed by atoms with Gasteiger partial charge in [0.05, 0.1) is 5.92 Å². The van der Waals surface area contributed by atoms with Crippen molar-refractivity contribution in [2.24, 2.45) is 5.92 Å². The fourth-order valence-electron chi connectivity index (χ4n) is 3.39. The maximum absolute atomic E-state index is 13.7. The van der Waals surface area contributed by atoms with Gasteiger partial charge in [-0.2, -0.15) is 0 Å². The number of piperidine rings is 1. The van der Waals surface area contributed by atoms with E-state index in [9.17, 15) is 9.18 Å². The van der Waals surface area contributed by atoms with Crippen molar-refractivity contribution in [3.8, 4) is 0 Å². The summed E-state index contributed by atoms with van der Waals surface area (Å²) in [7, 11) is 0. The molecule has 0 bridgehead atoms. The first-order valence-electron chi connectivity index (χ1n) is 7.66. The van der Waals surface area contributed by atoms with Crippen LogP contribution in [0.2, 0.25) is 0 Å². The Kier molecular flexibility index (Phi) is 4.10. The Morgan fingerprint density at radius 3 is 2.71 bits per heavy atom.